The lowest BCUT2D eigenvalue weighted by Crippen LogP contribution is -2.52. The molecule has 3 rings (SSSR count). The van der Waals surface area contributed by atoms with E-state index in [1.165, 1.54) is 0 Å². The molecule has 2 saturated heterocycles. The number of nitrogens with zero attached hydrogens (tertiary/aromatic N) is 2. The van der Waals surface area contributed by atoms with Gasteiger partial charge >= 0.3 is 0 Å². The highest BCUT2D eigenvalue weighted by Crippen LogP contribution is 2.29. The Balaban J connectivity index is 1.55. The van der Waals surface area contributed by atoms with E-state index < -0.39 is 9.84 Å². The molecule has 0 aliphatic carbocycles. The Morgan fingerprint density at radius 3 is 2.48 bits per heavy atom. The molecule has 1 aromatic carbocycles. The van der Waals surface area contributed by atoms with Crippen LogP contribution in [0.2, 0.25) is 0 Å². The molecule has 1 amide bonds. The van der Waals surface area contributed by atoms with Gasteiger partial charge in [-0.1, -0.05) is 6.07 Å². The van der Waals surface area contributed by atoms with E-state index >= 15 is 0 Å². The van der Waals surface area contributed by atoms with Crippen LogP contribution in [0.25, 0.3) is 6.08 Å². The van der Waals surface area contributed by atoms with E-state index in [0.29, 0.717) is 31.0 Å². The van der Waals surface area contributed by atoms with E-state index in [1.54, 1.807) is 19.3 Å². The van der Waals surface area contributed by atoms with E-state index in [0.717, 1.165) is 18.7 Å². The quantitative estimate of drug-likeness (QED) is 0.651. The molecule has 2 aliphatic heterocycles. The Morgan fingerprint density at radius 1 is 1.17 bits per heavy atom. The third-order valence-electron chi connectivity index (χ3n) is 5.32. The van der Waals surface area contributed by atoms with Crippen molar-refractivity contribution < 1.29 is 22.7 Å². The number of carbonyl (C=O) groups excluding carboxylic acids is 1. The zero-order chi connectivity index (χ0) is 21.0. The number of rotatable bonds is 6. The van der Waals surface area contributed by atoms with Crippen LogP contribution in [0.1, 0.15) is 25.8 Å². The fourth-order valence-corrected chi connectivity index (χ4v) is 5.54. The summed E-state index contributed by atoms with van der Waals surface area (Å²) < 4.78 is 34.4. The minimum Gasteiger partial charge on any atom is -0.493 e. The summed E-state index contributed by atoms with van der Waals surface area (Å²) >= 11 is 0. The van der Waals surface area contributed by atoms with E-state index in [-0.39, 0.29) is 29.6 Å². The molecule has 0 N–H and O–H groups in total. The number of benzene rings is 1. The number of methoxy groups -OCH3 is 1. The largest absolute Gasteiger partial charge is 0.493 e. The summed E-state index contributed by atoms with van der Waals surface area (Å²) in [7, 11) is -1.29. The highest BCUT2D eigenvalue weighted by Gasteiger charge is 2.34. The van der Waals surface area contributed by atoms with Gasteiger partial charge in [0, 0.05) is 38.3 Å². The molecule has 2 aliphatic rings. The lowest BCUT2D eigenvalue weighted by atomic mass is 10.1. The second-order valence-electron chi connectivity index (χ2n) is 7.83. The maximum atomic E-state index is 12.5. The Labute approximate surface area is 173 Å². The molecular formula is C21H30N2O5S. The van der Waals surface area contributed by atoms with Crippen molar-refractivity contribution in [3.8, 4) is 11.5 Å². The van der Waals surface area contributed by atoms with Gasteiger partial charge in [0.05, 0.1) is 24.7 Å². The lowest BCUT2D eigenvalue weighted by molar-refractivity contribution is -0.127. The molecule has 8 heteroatoms. The van der Waals surface area contributed by atoms with Gasteiger partial charge in [0.15, 0.2) is 21.3 Å². The number of carbonyl (C=O) groups is 1. The Hall–Kier alpha value is -2.06. The van der Waals surface area contributed by atoms with Crippen LogP contribution in [0.15, 0.2) is 24.3 Å². The van der Waals surface area contributed by atoms with Crippen LogP contribution in [0.4, 0.5) is 0 Å². The normalized spacial score (nSPS) is 22.3. The first-order chi connectivity index (χ1) is 13.8. The number of hydrogen-bond donors (Lipinski definition) is 0. The highest BCUT2D eigenvalue weighted by atomic mass is 32.2. The van der Waals surface area contributed by atoms with Crippen LogP contribution in [0.5, 0.6) is 11.5 Å². The first-order valence-corrected chi connectivity index (χ1v) is 11.9. The summed E-state index contributed by atoms with van der Waals surface area (Å²) in [5.41, 5.74) is 0.862. The van der Waals surface area contributed by atoms with Gasteiger partial charge in [-0.15, -0.1) is 0 Å². The standard InChI is InChI=1S/C21H30N2O5S/c1-16(2)28-19-6-4-17(14-20(19)27-3)5-7-21(24)23-11-9-22(10-12-23)18-8-13-29(25,26)15-18/h4-7,14,16,18H,8-13,15H2,1-3H3/b7-5+. The first kappa shape index (κ1) is 21.6. The van der Waals surface area contributed by atoms with Crippen LogP contribution in [0.3, 0.4) is 0 Å². The summed E-state index contributed by atoms with van der Waals surface area (Å²) in [4.78, 5) is 16.6. The average Bonchev–Trinajstić information content (AvgIpc) is 3.06. The van der Waals surface area contributed by atoms with E-state index in [9.17, 15) is 13.2 Å². The minimum absolute atomic E-state index is 0.0369. The van der Waals surface area contributed by atoms with E-state index in [1.807, 2.05) is 36.9 Å². The molecule has 0 bridgehead atoms. The number of amides is 1. The Kier molecular flexibility index (Phi) is 6.85. The van der Waals surface area contributed by atoms with Crippen LogP contribution in [-0.4, -0.2) is 81.1 Å². The van der Waals surface area contributed by atoms with Crippen molar-refractivity contribution in [1.82, 2.24) is 9.80 Å². The SMILES string of the molecule is COc1cc(/C=C/C(=O)N2CCN(C3CCS(=O)(=O)C3)CC2)ccc1OC(C)C. The van der Waals surface area contributed by atoms with Gasteiger partial charge in [0.25, 0.3) is 0 Å². The van der Waals surface area contributed by atoms with Crippen LogP contribution < -0.4 is 9.47 Å². The van der Waals surface area contributed by atoms with Crippen LogP contribution >= 0.6 is 0 Å². The van der Waals surface area contributed by atoms with Crippen LogP contribution in [-0.2, 0) is 14.6 Å². The molecule has 1 atom stereocenters. The van der Waals surface area contributed by atoms with Gasteiger partial charge < -0.3 is 14.4 Å². The molecule has 1 unspecified atom stereocenters. The van der Waals surface area contributed by atoms with Crippen molar-refractivity contribution in [3.63, 3.8) is 0 Å². The molecule has 0 spiro atoms. The summed E-state index contributed by atoms with van der Waals surface area (Å²) in [6, 6.07) is 5.69. The van der Waals surface area contributed by atoms with Crippen molar-refractivity contribution in [2.45, 2.75) is 32.4 Å². The number of sulfone groups is 1. The summed E-state index contributed by atoms with van der Waals surface area (Å²) in [6.45, 7) is 6.58. The molecule has 2 heterocycles. The third-order valence-corrected chi connectivity index (χ3v) is 7.07. The van der Waals surface area contributed by atoms with Crippen molar-refractivity contribution in [2.75, 3.05) is 44.8 Å². The lowest BCUT2D eigenvalue weighted by Gasteiger charge is -2.37. The molecular weight excluding hydrogens is 392 g/mol. The monoisotopic (exact) mass is 422 g/mol. The third kappa shape index (κ3) is 5.73. The Bertz CT molecular complexity index is 858. The van der Waals surface area contributed by atoms with Crippen molar-refractivity contribution >= 4 is 21.8 Å². The van der Waals surface area contributed by atoms with E-state index in [4.69, 9.17) is 9.47 Å². The number of ether oxygens (including phenoxy) is 2. The molecule has 1 aromatic rings. The van der Waals surface area contributed by atoms with Gasteiger partial charge in [0.1, 0.15) is 0 Å². The van der Waals surface area contributed by atoms with Gasteiger partial charge in [-0.2, -0.15) is 0 Å². The molecule has 2 fully saturated rings. The molecule has 0 aromatic heterocycles. The molecule has 0 radical (unpaired) electrons. The molecule has 29 heavy (non-hydrogen) atoms. The Morgan fingerprint density at radius 2 is 1.90 bits per heavy atom. The fourth-order valence-electron chi connectivity index (χ4n) is 3.78. The van der Waals surface area contributed by atoms with Gasteiger partial charge in [-0.25, -0.2) is 8.42 Å². The summed E-state index contributed by atoms with van der Waals surface area (Å²) in [5, 5.41) is 0. The number of hydrogen-bond acceptors (Lipinski definition) is 6. The zero-order valence-electron chi connectivity index (χ0n) is 17.3. The second-order valence-corrected chi connectivity index (χ2v) is 10.1. The predicted molar refractivity (Wildman–Crippen MR) is 113 cm³/mol. The molecule has 160 valence electrons. The summed E-state index contributed by atoms with van der Waals surface area (Å²) in [5.74, 6) is 1.80. The van der Waals surface area contributed by atoms with Gasteiger partial charge in [-0.05, 0) is 44.0 Å². The number of piperazine rings is 1. The topological polar surface area (TPSA) is 76.2 Å². The van der Waals surface area contributed by atoms with Crippen molar-refractivity contribution in [1.29, 1.82) is 0 Å². The predicted octanol–water partition coefficient (Wildman–Crippen LogP) is 1.83. The second kappa shape index (κ2) is 9.17. The van der Waals surface area contributed by atoms with E-state index in [2.05, 4.69) is 4.90 Å². The molecule has 0 saturated carbocycles. The molecule has 7 nitrogen and oxygen atoms in total. The van der Waals surface area contributed by atoms with Gasteiger partial charge in [0.2, 0.25) is 5.91 Å². The summed E-state index contributed by atoms with van der Waals surface area (Å²) in [6.07, 6.45) is 4.11. The minimum atomic E-state index is -2.88. The first-order valence-electron chi connectivity index (χ1n) is 10.0. The maximum absolute atomic E-state index is 12.5. The zero-order valence-corrected chi connectivity index (χ0v) is 18.2. The average molecular weight is 423 g/mol. The van der Waals surface area contributed by atoms with Crippen molar-refractivity contribution in [3.05, 3.63) is 29.8 Å². The van der Waals surface area contributed by atoms with Crippen molar-refractivity contribution in [2.24, 2.45) is 0 Å². The smallest absolute Gasteiger partial charge is 0.246 e. The maximum Gasteiger partial charge on any atom is 0.246 e. The van der Waals surface area contributed by atoms with Crippen LogP contribution in [0, 0.1) is 0 Å². The van der Waals surface area contributed by atoms with Gasteiger partial charge in [-0.3, -0.25) is 9.69 Å². The fraction of sp³-hybridized carbons (Fsp3) is 0.571. The highest BCUT2D eigenvalue weighted by molar-refractivity contribution is 7.91.